The predicted octanol–water partition coefficient (Wildman–Crippen LogP) is 2.61. The summed E-state index contributed by atoms with van der Waals surface area (Å²) in [7, 11) is 0. The molecule has 0 amide bonds. The molecule has 0 aliphatic rings. The number of para-hydroxylation sites is 1. The Labute approximate surface area is 112 Å². The molecule has 6 heteroatoms. The molecule has 0 spiro atoms. The van der Waals surface area contributed by atoms with Gasteiger partial charge in [-0.15, -0.1) is 11.3 Å². The summed E-state index contributed by atoms with van der Waals surface area (Å²) in [5.74, 6) is -0.395. The van der Waals surface area contributed by atoms with Crippen LogP contribution in [0.2, 0.25) is 0 Å². The molecule has 98 valence electrons. The Morgan fingerprint density at radius 1 is 1.42 bits per heavy atom. The molecule has 2 aromatic heterocycles. The van der Waals surface area contributed by atoms with Gasteiger partial charge in [-0.3, -0.25) is 4.40 Å². The van der Waals surface area contributed by atoms with E-state index in [0.29, 0.717) is 5.56 Å². The maximum atomic E-state index is 13.6. The van der Waals surface area contributed by atoms with Gasteiger partial charge >= 0.3 is 0 Å². The van der Waals surface area contributed by atoms with Gasteiger partial charge in [-0.1, -0.05) is 12.1 Å². The molecule has 1 N–H and O–H groups in total. The highest BCUT2D eigenvalue weighted by Crippen LogP contribution is 2.24. The summed E-state index contributed by atoms with van der Waals surface area (Å²) in [6, 6.07) is 4.48. The van der Waals surface area contributed by atoms with E-state index in [1.165, 1.54) is 17.4 Å². The first kappa shape index (κ1) is 12.1. The predicted molar refractivity (Wildman–Crippen MR) is 69.7 cm³/mol. The van der Waals surface area contributed by atoms with Crippen LogP contribution >= 0.6 is 11.3 Å². The smallest absolute Gasteiger partial charge is 0.193 e. The van der Waals surface area contributed by atoms with Crippen LogP contribution in [0.4, 0.5) is 4.39 Å². The molecule has 0 unspecified atom stereocenters. The van der Waals surface area contributed by atoms with Crippen molar-refractivity contribution < 1.29 is 14.2 Å². The second-order valence-corrected chi connectivity index (χ2v) is 4.87. The first-order valence-electron chi connectivity index (χ1n) is 5.70. The van der Waals surface area contributed by atoms with Crippen LogP contribution in [0.3, 0.4) is 0 Å². The third kappa shape index (κ3) is 2.32. The van der Waals surface area contributed by atoms with E-state index in [1.54, 1.807) is 12.1 Å². The van der Waals surface area contributed by atoms with Crippen LogP contribution in [0.1, 0.15) is 11.3 Å². The molecule has 0 radical (unpaired) electrons. The average Bonchev–Trinajstić information content (AvgIpc) is 2.97. The normalized spacial score (nSPS) is 11.1. The molecule has 2 heterocycles. The van der Waals surface area contributed by atoms with E-state index < -0.39 is 5.82 Å². The molecule has 19 heavy (non-hydrogen) atoms. The number of nitrogens with zero attached hydrogens (tertiary/aromatic N) is 2. The van der Waals surface area contributed by atoms with E-state index in [2.05, 4.69) is 4.98 Å². The molecular weight excluding hydrogens is 267 g/mol. The van der Waals surface area contributed by atoms with Crippen molar-refractivity contribution in [2.45, 2.75) is 13.2 Å². The fourth-order valence-electron chi connectivity index (χ4n) is 1.83. The lowest BCUT2D eigenvalue weighted by molar-refractivity contribution is 0.250. The molecule has 1 aromatic carbocycles. The van der Waals surface area contributed by atoms with Crippen molar-refractivity contribution >= 4 is 16.3 Å². The van der Waals surface area contributed by atoms with Crippen LogP contribution in [0.5, 0.6) is 5.75 Å². The molecule has 3 rings (SSSR count). The number of benzene rings is 1. The van der Waals surface area contributed by atoms with Crippen molar-refractivity contribution in [3.05, 3.63) is 53.0 Å². The van der Waals surface area contributed by atoms with Crippen molar-refractivity contribution in [2.75, 3.05) is 0 Å². The Bertz CT molecular complexity index is 679. The van der Waals surface area contributed by atoms with Gasteiger partial charge < -0.3 is 9.84 Å². The van der Waals surface area contributed by atoms with Crippen molar-refractivity contribution in [1.29, 1.82) is 0 Å². The summed E-state index contributed by atoms with van der Waals surface area (Å²) in [5.41, 5.74) is 1.15. The minimum atomic E-state index is -0.479. The van der Waals surface area contributed by atoms with Crippen LogP contribution in [0.25, 0.3) is 4.96 Å². The summed E-state index contributed by atoms with van der Waals surface area (Å²) >= 11 is 1.52. The van der Waals surface area contributed by atoms with Gasteiger partial charge in [0.2, 0.25) is 0 Å². The number of aliphatic hydroxyl groups is 1. The Hall–Kier alpha value is -1.92. The van der Waals surface area contributed by atoms with Gasteiger partial charge in [0, 0.05) is 23.3 Å². The van der Waals surface area contributed by atoms with Crippen molar-refractivity contribution in [3.63, 3.8) is 0 Å². The topological polar surface area (TPSA) is 46.8 Å². The molecule has 0 fully saturated rings. The van der Waals surface area contributed by atoms with E-state index in [0.717, 1.165) is 10.7 Å². The molecule has 4 nitrogen and oxygen atoms in total. The summed E-state index contributed by atoms with van der Waals surface area (Å²) in [4.78, 5) is 5.21. The van der Waals surface area contributed by atoms with Gasteiger partial charge in [0.1, 0.15) is 6.61 Å². The zero-order valence-corrected chi connectivity index (χ0v) is 10.7. The first-order chi connectivity index (χ1) is 9.28. The summed E-state index contributed by atoms with van der Waals surface area (Å²) in [5, 5.41) is 11.1. The average molecular weight is 278 g/mol. The highest BCUT2D eigenvalue weighted by molar-refractivity contribution is 7.15. The van der Waals surface area contributed by atoms with Crippen LogP contribution in [0.15, 0.2) is 36.0 Å². The number of hydrogen-bond acceptors (Lipinski definition) is 4. The molecule has 0 atom stereocenters. The minimum absolute atomic E-state index is 0.0846. The van der Waals surface area contributed by atoms with Crippen molar-refractivity contribution in [2.24, 2.45) is 0 Å². The SMILES string of the molecule is OCc1cccc(F)c1OCc1cn2ccsc2n1. The number of fused-ring (bicyclic) bond motifs is 1. The van der Waals surface area contributed by atoms with Crippen molar-refractivity contribution in [1.82, 2.24) is 9.38 Å². The molecule has 0 bridgehead atoms. The highest BCUT2D eigenvalue weighted by Gasteiger charge is 2.10. The number of aliphatic hydroxyl groups excluding tert-OH is 1. The van der Waals surface area contributed by atoms with Gasteiger partial charge in [0.15, 0.2) is 16.5 Å². The molecular formula is C13H11FN2O2S. The number of thiazole rings is 1. The second kappa shape index (κ2) is 4.99. The lowest BCUT2D eigenvalue weighted by Crippen LogP contribution is -2.01. The number of rotatable bonds is 4. The largest absolute Gasteiger partial charge is 0.484 e. The monoisotopic (exact) mass is 278 g/mol. The number of ether oxygens (including phenoxy) is 1. The highest BCUT2D eigenvalue weighted by atomic mass is 32.1. The Morgan fingerprint density at radius 2 is 2.32 bits per heavy atom. The summed E-state index contributed by atoms with van der Waals surface area (Å²) in [6.07, 6.45) is 3.74. The van der Waals surface area contributed by atoms with E-state index in [4.69, 9.17) is 9.84 Å². The van der Waals surface area contributed by atoms with E-state index in [1.807, 2.05) is 22.2 Å². The van der Waals surface area contributed by atoms with Gasteiger partial charge in [0.25, 0.3) is 0 Å². The lowest BCUT2D eigenvalue weighted by Gasteiger charge is -2.09. The quantitative estimate of drug-likeness (QED) is 0.798. The maximum absolute atomic E-state index is 13.6. The standard InChI is InChI=1S/C13H11FN2O2S/c14-11-3-1-2-9(7-17)12(11)18-8-10-6-16-4-5-19-13(16)15-10/h1-6,17H,7-8H2. The lowest BCUT2D eigenvalue weighted by atomic mass is 10.2. The summed E-state index contributed by atoms with van der Waals surface area (Å²) < 4.78 is 20.9. The van der Waals surface area contributed by atoms with E-state index in [-0.39, 0.29) is 19.0 Å². The first-order valence-corrected chi connectivity index (χ1v) is 6.58. The Morgan fingerprint density at radius 3 is 3.11 bits per heavy atom. The third-order valence-corrected chi connectivity index (χ3v) is 3.50. The van der Waals surface area contributed by atoms with Gasteiger partial charge in [-0.2, -0.15) is 0 Å². The fraction of sp³-hybridized carbons (Fsp3) is 0.154. The Balaban J connectivity index is 1.80. The molecule has 0 aliphatic heterocycles. The van der Waals surface area contributed by atoms with Crippen LogP contribution in [-0.4, -0.2) is 14.5 Å². The molecule has 0 aliphatic carbocycles. The number of aromatic nitrogens is 2. The van der Waals surface area contributed by atoms with E-state index >= 15 is 0 Å². The molecule has 3 aromatic rings. The van der Waals surface area contributed by atoms with Gasteiger partial charge in [-0.05, 0) is 6.07 Å². The number of halogens is 1. The van der Waals surface area contributed by atoms with Crippen LogP contribution in [-0.2, 0) is 13.2 Å². The minimum Gasteiger partial charge on any atom is -0.484 e. The second-order valence-electron chi connectivity index (χ2n) is 4.00. The fourth-order valence-corrected chi connectivity index (χ4v) is 2.55. The number of imidazole rings is 1. The zero-order chi connectivity index (χ0) is 13.2. The van der Waals surface area contributed by atoms with Crippen LogP contribution < -0.4 is 4.74 Å². The third-order valence-electron chi connectivity index (χ3n) is 2.73. The summed E-state index contributed by atoms with van der Waals surface area (Å²) in [6.45, 7) is -0.0896. The van der Waals surface area contributed by atoms with Crippen LogP contribution in [0, 0.1) is 5.82 Å². The molecule has 0 saturated carbocycles. The Kier molecular flexibility index (Phi) is 3.18. The molecule has 0 saturated heterocycles. The van der Waals surface area contributed by atoms with Crippen molar-refractivity contribution in [3.8, 4) is 5.75 Å². The number of hydrogen-bond donors (Lipinski definition) is 1. The van der Waals surface area contributed by atoms with Gasteiger partial charge in [0.05, 0.1) is 12.3 Å². The van der Waals surface area contributed by atoms with E-state index in [9.17, 15) is 4.39 Å². The van der Waals surface area contributed by atoms with Gasteiger partial charge in [-0.25, -0.2) is 9.37 Å². The maximum Gasteiger partial charge on any atom is 0.193 e. The zero-order valence-electron chi connectivity index (χ0n) is 9.91.